The molecule has 27 heavy (non-hydrogen) atoms. The number of thioether (sulfide) groups is 1. The van der Waals surface area contributed by atoms with Crippen LogP contribution in [-0.4, -0.2) is 65.5 Å². The fraction of sp³-hybridized carbons (Fsp3) is 0.722. The Hall–Kier alpha value is -0.550. The molecule has 0 radical (unpaired) electrons. The van der Waals surface area contributed by atoms with Gasteiger partial charge in [-0.3, -0.25) is 9.79 Å². The predicted molar refractivity (Wildman–Crippen MR) is 126 cm³/mol. The van der Waals surface area contributed by atoms with Gasteiger partial charge in [-0.2, -0.15) is 11.8 Å². The molecule has 1 aromatic heterocycles. The average Bonchev–Trinajstić information content (AvgIpc) is 3.08. The third-order valence-electron chi connectivity index (χ3n) is 5.17. The molecule has 1 aliphatic heterocycles. The van der Waals surface area contributed by atoms with E-state index in [9.17, 15) is 4.79 Å². The highest BCUT2D eigenvalue weighted by molar-refractivity contribution is 14.0. The van der Waals surface area contributed by atoms with Crippen molar-refractivity contribution in [3.05, 3.63) is 16.1 Å². The van der Waals surface area contributed by atoms with E-state index >= 15 is 0 Å². The third-order valence-corrected chi connectivity index (χ3v) is 7.63. The van der Waals surface area contributed by atoms with Gasteiger partial charge in [0.05, 0.1) is 11.2 Å². The Balaban J connectivity index is 0.00000261. The second kappa shape index (κ2) is 10.8. The van der Waals surface area contributed by atoms with Gasteiger partial charge < -0.3 is 15.5 Å². The lowest BCUT2D eigenvalue weighted by Gasteiger charge is -2.45. The summed E-state index contributed by atoms with van der Waals surface area (Å²) in [6.45, 7) is 5.24. The zero-order valence-electron chi connectivity index (χ0n) is 16.1. The van der Waals surface area contributed by atoms with Crippen molar-refractivity contribution < 1.29 is 4.79 Å². The van der Waals surface area contributed by atoms with Gasteiger partial charge >= 0.3 is 0 Å². The standard InChI is InChI=1S/C18H29N5OS2.HI/c1-14-15(25-13-22-14)16(24)20-8-9-21-17(19-2)23-10-11-26-18(12-23)6-4-3-5-7-18;/h13H,3-12H2,1-2H3,(H,19,21)(H,20,24);1H. The molecule has 0 atom stereocenters. The van der Waals surface area contributed by atoms with Crippen molar-refractivity contribution in [3.8, 4) is 0 Å². The highest BCUT2D eigenvalue weighted by Crippen LogP contribution is 2.42. The molecule has 1 amide bonds. The van der Waals surface area contributed by atoms with Crippen LogP contribution in [0.15, 0.2) is 10.5 Å². The highest BCUT2D eigenvalue weighted by Gasteiger charge is 2.38. The fourth-order valence-electron chi connectivity index (χ4n) is 3.81. The van der Waals surface area contributed by atoms with Gasteiger partial charge in [-0.05, 0) is 19.8 Å². The van der Waals surface area contributed by atoms with Crippen LogP contribution in [0, 0.1) is 6.92 Å². The van der Waals surface area contributed by atoms with Crippen molar-refractivity contribution in [1.82, 2.24) is 20.5 Å². The van der Waals surface area contributed by atoms with Crippen LogP contribution in [0.2, 0.25) is 0 Å². The molecule has 2 aliphatic rings. The molecule has 1 aliphatic carbocycles. The predicted octanol–water partition coefficient (Wildman–Crippen LogP) is 3.13. The second-order valence-corrected chi connectivity index (χ2v) is 9.43. The Morgan fingerprint density at radius 2 is 2.04 bits per heavy atom. The minimum absolute atomic E-state index is 0. The van der Waals surface area contributed by atoms with Gasteiger partial charge in [-0.15, -0.1) is 35.3 Å². The van der Waals surface area contributed by atoms with Gasteiger partial charge in [0.15, 0.2) is 5.96 Å². The van der Waals surface area contributed by atoms with Crippen molar-refractivity contribution >= 4 is 58.9 Å². The van der Waals surface area contributed by atoms with E-state index in [4.69, 9.17) is 0 Å². The first-order valence-electron chi connectivity index (χ1n) is 9.41. The van der Waals surface area contributed by atoms with E-state index in [1.54, 1.807) is 5.51 Å². The second-order valence-electron chi connectivity index (χ2n) is 7.01. The van der Waals surface area contributed by atoms with Crippen LogP contribution in [0.3, 0.4) is 0 Å². The van der Waals surface area contributed by atoms with Crippen molar-refractivity contribution in [3.63, 3.8) is 0 Å². The molecule has 9 heteroatoms. The number of hydrogen-bond acceptors (Lipinski definition) is 5. The molecule has 1 saturated carbocycles. The number of hydrogen-bond donors (Lipinski definition) is 2. The van der Waals surface area contributed by atoms with Crippen molar-refractivity contribution in [2.75, 3.05) is 39.0 Å². The third kappa shape index (κ3) is 5.96. The van der Waals surface area contributed by atoms with Gasteiger partial charge in [0.2, 0.25) is 0 Å². The Morgan fingerprint density at radius 1 is 1.30 bits per heavy atom. The van der Waals surface area contributed by atoms with Gasteiger partial charge in [0.25, 0.3) is 5.91 Å². The summed E-state index contributed by atoms with van der Waals surface area (Å²) in [5.74, 6) is 2.08. The lowest BCUT2D eigenvalue weighted by atomic mass is 9.87. The molecule has 0 bridgehead atoms. The number of aliphatic imine (C=N–C) groups is 1. The zero-order chi connectivity index (χ0) is 18.4. The maximum atomic E-state index is 12.1. The topological polar surface area (TPSA) is 69.6 Å². The van der Waals surface area contributed by atoms with Gasteiger partial charge in [0.1, 0.15) is 4.88 Å². The van der Waals surface area contributed by atoms with Crippen LogP contribution < -0.4 is 10.6 Å². The minimum Gasteiger partial charge on any atom is -0.354 e. The van der Waals surface area contributed by atoms with Crippen LogP contribution in [0.5, 0.6) is 0 Å². The van der Waals surface area contributed by atoms with Gasteiger partial charge in [-0.25, -0.2) is 4.98 Å². The quantitative estimate of drug-likeness (QED) is 0.275. The average molecular weight is 524 g/mol. The zero-order valence-corrected chi connectivity index (χ0v) is 20.1. The molecular weight excluding hydrogens is 493 g/mol. The lowest BCUT2D eigenvalue weighted by Crippen LogP contribution is -2.54. The molecule has 2 N–H and O–H groups in total. The summed E-state index contributed by atoms with van der Waals surface area (Å²) in [6.07, 6.45) is 6.75. The van der Waals surface area contributed by atoms with Crippen LogP contribution in [0.25, 0.3) is 0 Å². The summed E-state index contributed by atoms with van der Waals surface area (Å²) in [7, 11) is 1.84. The summed E-state index contributed by atoms with van der Waals surface area (Å²) in [6, 6.07) is 0. The molecule has 1 spiro atoms. The number of rotatable bonds is 4. The van der Waals surface area contributed by atoms with E-state index in [1.807, 2.05) is 14.0 Å². The number of nitrogens with one attached hydrogen (secondary N) is 2. The Labute approximate surface area is 187 Å². The Kier molecular flexibility index (Phi) is 9.13. The van der Waals surface area contributed by atoms with Crippen LogP contribution >= 0.6 is 47.1 Å². The van der Waals surface area contributed by atoms with E-state index in [0.717, 1.165) is 24.7 Å². The first-order chi connectivity index (χ1) is 12.6. The number of aryl methyl sites for hydroxylation is 1. The first kappa shape index (κ1) is 22.7. The SMILES string of the molecule is CN=C(NCCNC(=O)c1scnc1C)N1CCSC2(CCCCC2)C1.I. The molecule has 1 saturated heterocycles. The molecule has 0 unspecified atom stereocenters. The highest BCUT2D eigenvalue weighted by atomic mass is 127. The monoisotopic (exact) mass is 523 g/mol. The molecular formula is C18H30IN5OS2. The largest absolute Gasteiger partial charge is 0.354 e. The van der Waals surface area contributed by atoms with Crippen molar-refractivity contribution in [2.24, 2.45) is 4.99 Å². The smallest absolute Gasteiger partial charge is 0.263 e. The van der Waals surface area contributed by atoms with Crippen molar-refractivity contribution in [1.29, 1.82) is 0 Å². The molecule has 6 nitrogen and oxygen atoms in total. The molecule has 2 fully saturated rings. The van der Waals surface area contributed by atoms with Crippen LogP contribution in [0.1, 0.15) is 47.5 Å². The number of guanidine groups is 1. The van der Waals surface area contributed by atoms with E-state index in [0.29, 0.717) is 22.7 Å². The van der Waals surface area contributed by atoms with Crippen LogP contribution in [0.4, 0.5) is 0 Å². The van der Waals surface area contributed by atoms with E-state index in [2.05, 4.69) is 37.3 Å². The van der Waals surface area contributed by atoms with Gasteiger partial charge in [0, 0.05) is 43.7 Å². The molecule has 0 aromatic carbocycles. The number of carbonyl (C=O) groups is 1. The number of carbonyl (C=O) groups excluding carboxylic acids is 1. The van der Waals surface area contributed by atoms with E-state index in [-0.39, 0.29) is 29.9 Å². The van der Waals surface area contributed by atoms with E-state index < -0.39 is 0 Å². The normalized spacial score (nSPS) is 19.5. The molecule has 1 aromatic rings. The number of halogens is 1. The molecule has 2 heterocycles. The summed E-state index contributed by atoms with van der Waals surface area (Å²) < 4.78 is 0.423. The van der Waals surface area contributed by atoms with Gasteiger partial charge in [-0.1, -0.05) is 19.3 Å². The lowest BCUT2D eigenvalue weighted by molar-refractivity contribution is 0.0957. The Bertz CT molecular complexity index is 640. The van der Waals surface area contributed by atoms with E-state index in [1.165, 1.54) is 49.2 Å². The number of aromatic nitrogens is 1. The van der Waals surface area contributed by atoms with Crippen molar-refractivity contribution in [2.45, 2.75) is 43.8 Å². The minimum atomic E-state index is -0.0441. The maximum Gasteiger partial charge on any atom is 0.263 e. The molecule has 3 rings (SSSR count). The first-order valence-corrected chi connectivity index (χ1v) is 11.3. The Morgan fingerprint density at radius 3 is 2.70 bits per heavy atom. The summed E-state index contributed by atoms with van der Waals surface area (Å²) in [4.78, 5) is 23.8. The summed E-state index contributed by atoms with van der Waals surface area (Å²) >= 11 is 3.55. The number of nitrogens with zero attached hydrogens (tertiary/aromatic N) is 3. The summed E-state index contributed by atoms with van der Waals surface area (Å²) in [5.41, 5.74) is 2.50. The fourth-order valence-corrected chi connectivity index (χ4v) is 6.09. The number of amides is 1. The summed E-state index contributed by atoms with van der Waals surface area (Å²) in [5, 5.41) is 6.37. The van der Waals surface area contributed by atoms with Crippen LogP contribution in [-0.2, 0) is 0 Å². The maximum absolute atomic E-state index is 12.1. The molecule has 152 valence electrons. The number of thiazole rings is 1.